The molecule has 0 spiro atoms. The van der Waals surface area contributed by atoms with Crippen molar-refractivity contribution >= 4 is 22.7 Å². The molecule has 0 radical (unpaired) electrons. The molecule has 0 amide bonds. The van der Waals surface area contributed by atoms with Crippen molar-refractivity contribution in [3.63, 3.8) is 0 Å². The molecule has 0 unspecified atom stereocenters. The SMILES string of the molecule is Nc1nccc(-c2c[nH]c3nccc(N4C[C@H](O)C[C@H]4CO)c23)n1. The highest BCUT2D eigenvalue weighted by molar-refractivity contribution is 6.02. The van der Waals surface area contributed by atoms with Crippen LogP contribution in [-0.4, -0.2) is 55.4 Å². The smallest absolute Gasteiger partial charge is 0.220 e. The van der Waals surface area contributed by atoms with E-state index in [1.165, 1.54) is 0 Å². The van der Waals surface area contributed by atoms with Gasteiger partial charge >= 0.3 is 0 Å². The van der Waals surface area contributed by atoms with Crippen LogP contribution in [-0.2, 0) is 0 Å². The van der Waals surface area contributed by atoms with Gasteiger partial charge in [0.2, 0.25) is 5.95 Å². The number of rotatable bonds is 3. The van der Waals surface area contributed by atoms with Gasteiger partial charge < -0.3 is 25.8 Å². The van der Waals surface area contributed by atoms with Crippen LogP contribution in [0, 0.1) is 0 Å². The molecule has 8 nitrogen and oxygen atoms in total. The number of hydrogen-bond donors (Lipinski definition) is 4. The Kier molecular flexibility index (Phi) is 3.55. The first kappa shape index (κ1) is 14.9. The van der Waals surface area contributed by atoms with E-state index in [4.69, 9.17) is 5.73 Å². The maximum absolute atomic E-state index is 9.99. The van der Waals surface area contributed by atoms with Gasteiger partial charge in [0, 0.05) is 30.7 Å². The zero-order chi connectivity index (χ0) is 16.7. The highest BCUT2D eigenvalue weighted by Crippen LogP contribution is 2.37. The minimum absolute atomic E-state index is 0.0128. The van der Waals surface area contributed by atoms with Crippen molar-refractivity contribution in [3.8, 4) is 11.3 Å². The van der Waals surface area contributed by atoms with Gasteiger partial charge in [-0.15, -0.1) is 0 Å². The molecule has 1 aliphatic heterocycles. The molecule has 5 N–H and O–H groups in total. The summed E-state index contributed by atoms with van der Waals surface area (Å²) in [6.45, 7) is 0.460. The number of nitrogens with two attached hydrogens (primary N) is 1. The fourth-order valence-electron chi connectivity index (χ4n) is 3.36. The Balaban J connectivity index is 1.89. The lowest BCUT2D eigenvalue weighted by Gasteiger charge is -2.26. The minimum atomic E-state index is -0.456. The summed E-state index contributed by atoms with van der Waals surface area (Å²) < 4.78 is 0. The number of hydrogen-bond acceptors (Lipinski definition) is 7. The molecule has 0 aliphatic carbocycles. The first-order valence-electron chi connectivity index (χ1n) is 7.78. The molecule has 0 saturated carbocycles. The monoisotopic (exact) mass is 326 g/mol. The van der Waals surface area contributed by atoms with E-state index in [2.05, 4.69) is 19.9 Å². The van der Waals surface area contributed by atoms with Crippen molar-refractivity contribution in [1.82, 2.24) is 19.9 Å². The van der Waals surface area contributed by atoms with Crippen LogP contribution in [0.1, 0.15) is 6.42 Å². The zero-order valence-electron chi connectivity index (χ0n) is 12.9. The predicted octanol–water partition coefficient (Wildman–Crippen LogP) is 0.534. The van der Waals surface area contributed by atoms with Gasteiger partial charge in [0.1, 0.15) is 5.65 Å². The van der Waals surface area contributed by atoms with E-state index in [0.717, 1.165) is 22.3 Å². The quantitative estimate of drug-likeness (QED) is 0.553. The van der Waals surface area contributed by atoms with Crippen LogP contribution in [0.15, 0.2) is 30.7 Å². The molecule has 4 rings (SSSR count). The molecular formula is C16H18N6O2. The van der Waals surface area contributed by atoms with Gasteiger partial charge in [0.05, 0.1) is 35.5 Å². The summed E-state index contributed by atoms with van der Waals surface area (Å²) in [6, 6.07) is 3.56. The van der Waals surface area contributed by atoms with Gasteiger partial charge in [0.15, 0.2) is 0 Å². The molecule has 1 fully saturated rings. The summed E-state index contributed by atoms with van der Waals surface area (Å²) in [7, 11) is 0. The Morgan fingerprint density at radius 1 is 1.29 bits per heavy atom. The number of nitrogens with zero attached hydrogens (tertiary/aromatic N) is 4. The summed E-state index contributed by atoms with van der Waals surface area (Å²) in [6.07, 6.45) is 5.25. The lowest BCUT2D eigenvalue weighted by atomic mass is 10.1. The van der Waals surface area contributed by atoms with Crippen LogP contribution in [0.5, 0.6) is 0 Å². The van der Waals surface area contributed by atoms with Crippen LogP contribution in [0.25, 0.3) is 22.3 Å². The standard InChI is InChI=1S/C16H18N6O2/c17-16-19-3-1-12(21-16)11-6-20-15-14(11)13(2-4-18-15)22-7-10(24)5-9(22)8-23/h1-4,6,9-10,23-24H,5,7-8H2,(H,18,20)(H2,17,19,21)/t9-,10+/m0/s1. The van der Waals surface area contributed by atoms with Crippen LogP contribution in [0.3, 0.4) is 0 Å². The molecular weight excluding hydrogens is 308 g/mol. The first-order chi connectivity index (χ1) is 11.7. The number of H-pyrrole nitrogens is 1. The number of fused-ring (bicyclic) bond motifs is 1. The molecule has 3 aromatic rings. The third kappa shape index (κ3) is 2.36. The summed E-state index contributed by atoms with van der Waals surface area (Å²) in [5, 5.41) is 20.5. The lowest BCUT2D eigenvalue weighted by Crippen LogP contribution is -2.32. The van der Waals surface area contributed by atoms with Crippen molar-refractivity contribution in [2.24, 2.45) is 0 Å². The molecule has 4 heterocycles. The molecule has 0 bridgehead atoms. The normalized spacial score (nSPS) is 20.8. The molecule has 1 saturated heterocycles. The number of nitrogens with one attached hydrogen (secondary N) is 1. The van der Waals surface area contributed by atoms with Gasteiger partial charge in [0.25, 0.3) is 0 Å². The predicted molar refractivity (Wildman–Crippen MR) is 90.4 cm³/mol. The average Bonchev–Trinajstić information content (AvgIpc) is 3.17. The third-order valence-corrected chi connectivity index (χ3v) is 4.41. The lowest BCUT2D eigenvalue weighted by molar-refractivity contribution is 0.184. The molecule has 8 heteroatoms. The molecule has 0 aromatic carbocycles. The van der Waals surface area contributed by atoms with Crippen LogP contribution < -0.4 is 10.6 Å². The summed E-state index contributed by atoms with van der Waals surface area (Å²) >= 11 is 0. The summed E-state index contributed by atoms with van der Waals surface area (Å²) in [5.41, 5.74) is 8.89. The molecule has 24 heavy (non-hydrogen) atoms. The third-order valence-electron chi connectivity index (χ3n) is 4.41. The Hall–Kier alpha value is -2.71. The maximum atomic E-state index is 9.99. The number of anilines is 2. The highest BCUT2D eigenvalue weighted by Gasteiger charge is 2.32. The van der Waals surface area contributed by atoms with E-state index in [0.29, 0.717) is 18.7 Å². The molecule has 124 valence electrons. The van der Waals surface area contributed by atoms with E-state index in [-0.39, 0.29) is 18.6 Å². The van der Waals surface area contributed by atoms with E-state index >= 15 is 0 Å². The van der Waals surface area contributed by atoms with Crippen molar-refractivity contribution in [1.29, 1.82) is 0 Å². The second-order valence-electron chi connectivity index (χ2n) is 5.93. The number of β-amino-alcohol motifs (C(OH)–C–C–N with tert-alkyl or cyclic N) is 1. The largest absolute Gasteiger partial charge is 0.394 e. The minimum Gasteiger partial charge on any atom is -0.394 e. The van der Waals surface area contributed by atoms with E-state index < -0.39 is 6.10 Å². The van der Waals surface area contributed by atoms with Crippen LogP contribution in [0.4, 0.5) is 11.6 Å². The van der Waals surface area contributed by atoms with Gasteiger partial charge in [-0.1, -0.05) is 0 Å². The summed E-state index contributed by atoms with van der Waals surface area (Å²) in [5.74, 6) is 0.206. The first-order valence-corrected chi connectivity index (χ1v) is 7.78. The molecule has 1 aliphatic rings. The molecule has 2 atom stereocenters. The van der Waals surface area contributed by atoms with Crippen molar-refractivity contribution in [2.45, 2.75) is 18.6 Å². The highest BCUT2D eigenvalue weighted by atomic mass is 16.3. The van der Waals surface area contributed by atoms with E-state index in [9.17, 15) is 10.2 Å². The van der Waals surface area contributed by atoms with Crippen molar-refractivity contribution < 1.29 is 10.2 Å². The Bertz CT molecular complexity index is 880. The maximum Gasteiger partial charge on any atom is 0.220 e. The number of aliphatic hydroxyl groups excluding tert-OH is 2. The average molecular weight is 326 g/mol. The Morgan fingerprint density at radius 3 is 2.92 bits per heavy atom. The van der Waals surface area contributed by atoms with Crippen LogP contribution in [0.2, 0.25) is 0 Å². The second kappa shape index (κ2) is 5.73. The number of aromatic amines is 1. The fourth-order valence-corrected chi connectivity index (χ4v) is 3.36. The van der Waals surface area contributed by atoms with E-state index in [1.807, 2.05) is 17.2 Å². The Morgan fingerprint density at radius 2 is 2.12 bits per heavy atom. The summed E-state index contributed by atoms with van der Waals surface area (Å²) in [4.78, 5) is 17.8. The Labute approximate surface area is 138 Å². The fraction of sp³-hybridized carbons (Fsp3) is 0.312. The number of nitrogen functional groups attached to an aromatic ring is 1. The number of aromatic nitrogens is 4. The van der Waals surface area contributed by atoms with Crippen molar-refractivity contribution in [2.75, 3.05) is 23.8 Å². The van der Waals surface area contributed by atoms with E-state index in [1.54, 1.807) is 18.5 Å². The van der Waals surface area contributed by atoms with Crippen LogP contribution >= 0.6 is 0 Å². The van der Waals surface area contributed by atoms with Gasteiger partial charge in [-0.25, -0.2) is 15.0 Å². The molecule has 3 aromatic heterocycles. The zero-order valence-corrected chi connectivity index (χ0v) is 12.9. The van der Waals surface area contributed by atoms with Gasteiger partial charge in [-0.3, -0.25) is 0 Å². The van der Waals surface area contributed by atoms with Gasteiger partial charge in [-0.2, -0.15) is 0 Å². The topological polar surface area (TPSA) is 124 Å². The number of aliphatic hydroxyl groups is 2. The van der Waals surface area contributed by atoms with Crippen molar-refractivity contribution in [3.05, 3.63) is 30.7 Å². The second-order valence-corrected chi connectivity index (χ2v) is 5.93. The van der Waals surface area contributed by atoms with Gasteiger partial charge in [-0.05, 0) is 18.6 Å². The number of pyridine rings is 1.